The quantitative estimate of drug-likeness (QED) is 0.514. The molecule has 0 spiro atoms. The summed E-state index contributed by atoms with van der Waals surface area (Å²) in [6.07, 6.45) is 2.10. The summed E-state index contributed by atoms with van der Waals surface area (Å²) in [4.78, 5) is 15.6. The third-order valence-corrected chi connectivity index (χ3v) is 6.85. The van der Waals surface area contributed by atoms with Crippen molar-refractivity contribution >= 4 is 35.1 Å². The molecule has 1 aromatic heterocycles. The van der Waals surface area contributed by atoms with Gasteiger partial charge in [0, 0.05) is 29.8 Å². The number of nitrogens with zero attached hydrogens (tertiary/aromatic N) is 1. The molecular formula is C26H33BN2O4. The van der Waals surface area contributed by atoms with Gasteiger partial charge in [-0.2, -0.15) is 0 Å². The maximum atomic E-state index is 13.4. The number of aryl methyl sites for hydroxylation is 1. The molecule has 0 amide bonds. The molecule has 1 saturated heterocycles. The van der Waals surface area contributed by atoms with E-state index in [1.165, 1.54) is 0 Å². The van der Waals surface area contributed by atoms with Crippen molar-refractivity contribution in [3.63, 3.8) is 0 Å². The number of anilines is 2. The maximum Gasteiger partial charge on any atom is 0.490 e. The van der Waals surface area contributed by atoms with E-state index in [0.717, 1.165) is 37.1 Å². The Bertz CT molecular complexity index is 1220. The van der Waals surface area contributed by atoms with E-state index in [2.05, 4.69) is 24.1 Å². The largest absolute Gasteiger partial charge is 0.490 e. The zero-order valence-corrected chi connectivity index (χ0v) is 20.1. The summed E-state index contributed by atoms with van der Waals surface area (Å²) in [5.41, 5.74) is 4.39. The topological polar surface area (TPSA) is 85.9 Å². The van der Waals surface area contributed by atoms with Crippen LogP contribution in [0.15, 0.2) is 45.6 Å². The Morgan fingerprint density at radius 2 is 1.79 bits per heavy atom. The molecule has 3 N–H and O–H groups in total. The van der Waals surface area contributed by atoms with Crippen LogP contribution in [-0.4, -0.2) is 30.3 Å². The van der Waals surface area contributed by atoms with Crippen LogP contribution in [0, 0.1) is 19.3 Å². The Morgan fingerprint density at radius 1 is 1.12 bits per heavy atom. The normalized spacial score (nSPS) is 16.6. The lowest BCUT2D eigenvalue weighted by Crippen LogP contribution is -2.38. The summed E-state index contributed by atoms with van der Waals surface area (Å²) in [6.45, 7) is 12.1. The molecule has 1 aliphatic rings. The third kappa shape index (κ3) is 4.66. The highest BCUT2D eigenvalue weighted by molar-refractivity contribution is 6.60. The van der Waals surface area contributed by atoms with Gasteiger partial charge in [0.1, 0.15) is 5.58 Å². The van der Waals surface area contributed by atoms with Gasteiger partial charge in [0.15, 0.2) is 5.43 Å². The molecule has 33 heavy (non-hydrogen) atoms. The number of rotatable bonds is 5. The lowest BCUT2D eigenvalue weighted by atomic mass is 9.79. The van der Waals surface area contributed by atoms with Gasteiger partial charge < -0.3 is 24.7 Å². The van der Waals surface area contributed by atoms with Crippen molar-refractivity contribution in [2.75, 3.05) is 23.3 Å². The SMILES string of the molecule is Cc1cc([C@@H](C)Nc2ccccc2B(O)O)c2oc(N3CCC(C)(C)CC3)c(C)c(=O)c2c1. The van der Waals surface area contributed by atoms with Crippen LogP contribution in [0.25, 0.3) is 11.0 Å². The molecule has 0 aliphatic carbocycles. The summed E-state index contributed by atoms with van der Waals surface area (Å²) in [6, 6.07) is 10.8. The Balaban J connectivity index is 1.79. The van der Waals surface area contributed by atoms with E-state index in [1.54, 1.807) is 12.1 Å². The molecule has 3 aromatic rings. The van der Waals surface area contributed by atoms with E-state index in [-0.39, 0.29) is 11.5 Å². The van der Waals surface area contributed by atoms with Crippen molar-refractivity contribution in [1.82, 2.24) is 0 Å². The van der Waals surface area contributed by atoms with Gasteiger partial charge >= 0.3 is 7.12 Å². The molecule has 2 heterocycles. The highest BCUT2D eigenvalue weighted by Gasteiger charge is 2.29. The third-order valence-electron chi connectivity index (χ3n) is 6.85. The monoisotopic (exact) mass is 448 g/mol. The average molecular weight is 448 g/mol. The molecule has 2 aromatic carbocycles. The number of benzene rings is 2. The summed E-state index contributed by atoms with van der Waals surface area (Å²) in [7, 11) is -1.58. The van der Waals surface area contributed by atoms with Crippen molar-refractivity contribution in [2.24, 2.45) is 5.41 Å². The summed E-state index contributed by atoms with van der Waals surface area (Å²) >= 11 is 0. The van der Waals surface area contributed by atoms with Crippen LogP contribution in [0.2, 0.25) is 0 Å². The summed E-state index contributed by atoms with van der Waals surface area (Å²) < 4.78 is 6.49. The van der Waals surface area contributed by atoms with E-state index >= 15 is 0 Å². The van der Waals surface area contributed by atoms with Gasteiger partial charge in [-0.3, -0.25) is 4.79 Å². The first-order valence-corrected chi connectivity index (χ1v) is 11.6. The Kier molecular flexibility index (Phi) is 6.29. The molecule has 0 saturated carbocycles. The number of hydrogen-bond acceptors (Lipinski definition) is 6. The smallest absolute Gasteiger partial charge is 0.440 e. The lowest BCUT2D eigenvalue weighted by molar-refractivity contribution is 0.274. The van der Waals surface area contributed by atoms with E-state index in [1.807, 2.05) is 45.0 Å². The van der Waals surface area contributed by atoms with Crippen LogP contribution in [0.5, 0.6) is 0 Å². The van der Waals surface area contributed by atoms with E-state index in [9.17, 15) is 14.8 Å². The summed E-state index contributed by atoms with van der Waals surface area (Å²) in [5.74, 6) is 0.659. The van der Waals surface area contributed by atoms with Crippen LogP contribution >= 0.6 is 0 Å². The minimum Gasteiger partial charge on any atom is -0.440 e. The van der Waals surface area contributed by atoms with Gasteiger partial charge in [0.25, 0.3) is 0 Å². The molecule has 0 bridgehead atoms. The zero-order chi connectivity index (χ0) is 23.9. The van der Waals surface area contributed by atoms with Crippen molar-refractivity contribution < 1.29 is 14.5 Å². The lowest BCUT2D eigenvalue weighted by Gasteiger charge is -2.37. The van der Waals surface area contributed by atoms with Crippen LogP contribution in [0.3, 0.4) is 0 Å². The number of piperidine rings is 1. The predicted molar refractivity (Wildman–Crippen MR) is 135 cm³/mol. The van der Waals surface area contributed by atoms with Crippen LogP contribution in [0.1, 0.15) is 56.3 Å². The van der Waals surface area contributed by atoms with Gasteiger partial charge in [-0.15, -0.1) is 0 Å². The first-order chi connectivity index (χ1) is 15.6. The van der Waals surface area contributed by atoms with Crippen molar-refractivity contribution in [2.45, 2.75) is 53.5 Å². The van der Waals surface area contributed by atoms with E-state index in [0.29, 0.717) is 39.0 Å². The molecule has 1 atom stereocenters. The molecule has 7 heteroatoms. The highest BCUT2D eigenvalue weighted by Crippen LogP contribution is 2.35. The van der Waals surface area contributed by atoms with Crippen LogP contribution in [0.4, 0.5) is 11.6 Å². The minimum absolute atomic E-state index is 0.000542. The number of hydrogen-bond donors (Lipinski definition) is 3. The van der Waals surface area contributed by atoms with Gasteiger partial charge in [0.05, 0.1) is 17.0 Å². The standard InChI is InChI=1S/C26H33BN2O4/c1-16-14-19(18(3)28-22-9-7-6-8-21(22)27(31)32)24-20(15-16)23(30)17(2)25(33-24)29-12-10-26(4,5)11-13-29/h6-9,14-15,18,28,31-32H,10-13H2,1-5H3/t18-/m1/s1. The maximum absolute atomic E-state index is 13.4. The fraction of sp³-hybridized carbons (Fsp3) is 0.423. The number of para-hydroxylation sites is 1. The molecule has 0 radical (unpaired) electrons. The van der Waals surface area contributed by atoms with Crippen LogP contribution in [-0.2, 0) is 0 Å². The Hall–Kier alpha value is -2.77. The molecule has 174 valence electrons. The van der Waals surface area contributed by atoms with Crippen molar-refractivity contribution in [3.8, 4) is 0 Å². The molecule has 1 fully saturated rings. The molecule has 6 nitrogen and oxygen atoms in total. The van der Waals surface area contributed by atoms with Gasteiger partial charge in [0.2, 0.25) is 5.88 Å². The second-order valence-corrected chi connectivity index (χ2v) is 10.1. The number of fused-ring (bicyclic) bond motifs is 1. The second-order valence-electron chi connectivity index (χ2n) is 10.1. The highest BCUT2D eigenvalue weighted by atomic mass is 16.4. The Morgan fingerprint density at radius 3 is 2.45 bits per heavy atom. The first-order valence-electron chi connectivity index (χ1n) is 11.6. The zero-order valence-electron chi connectivity index (χ0n) is 20.1. The van der Waals surface area contributed by atoms with Gasteiger partial charge in [-0.25, -0.2) is 0 Å². The molecule has 4 rings (SSSR count). The van der Waals surface area contributed by atoms with Gasteiger partial charge in [-0.05, 0) is 56.7 Å². The molecule has 0 unspecified atom stereocenters. The van der Waals surface area contributed by atoms with Crippen LogP contribution < -0.4 is 21.1 Å². The van der Waals surface area contributed by atoms with E-state index < -0.39 is 7.12 Å². The summed E-state index contributed by atoms with van der Waals surface area (Å²) in [5, 5.41) is 23.4. The first kappa shape index (κ1) is 23.4. The van der Waals surface area contributed by atoms with Gasteiger partial charge in [-0.1, -0.05) is 38.1 Å². The fourth-order valence-corrected chi connectivity index (χ4v) is 4.66. The average Bonchev–Trinajstić information content (AvgIpc) is 2.76. The molecular weight excluding hydrogens is 415 g/mol. The number of nitrogens with one attached hydrogen (secondary N) is 1. The second kappa shape index (κ2) is 8.88. The molecule has 1 aliphatic heterocycles. The fourth-order valence-electron chi connectivity index (χ4n) is 4.66. The predicted octanol–water partition coefficient (Wildman–Crippen LogP) is 3.89. The Labute approximate surface area is 195 Å². The van der Waals surface area contributed by atoms with Crippen molar-refractivity contribution in [1.29, 1.82) is 0 Å². The minimum atomic E-state index is -1.58. The van der Waals surface area contributed by atoms with E-state index in [4.69, 9.17) is 4.42 Å². The van der Waals surface area contributed by atoms with Crippen molar-refractivity contribution in [3.05, 3.63) is 63.3 Å².